The van der Waals surface area contributed by atoms with Crippen LogP contribution in [0.25, 0.3) is 0 Å². The van der Waals surface area contributed by atoms with Crippen LogP contribution < -0.4 is 4.74 Å². The molecule has 0 aliphatic heterocycles. The highest BCUT2D eigenvalue weighted by Gasteiger charge is 2.17. The second kappa shape index (κ2) is 4.96. The van der Waals surface area contributed by atoms with Crippen molar-refractivity contribution in [3.05, 3.63) is 29.8 Å². The Bertz CT molecular complexity index is 329. The molecular weight excluding hydrogens is 188 g/mol. The quantitative estimate of drug-likeness (QED) is 0.692. The highest BCUT2D eigenvalue weighted by Crippen LogP contribution is 2.21. The lowest BCUT2D eigenvalue weighted by molar-refractivity contribution is -0.116. The molecule has 2 heteroatoms. The molecule has 1 aromatic carbocycles. The van der Waals surface area contributed by atoms with Crippen molar-refractivity contribution in [3.8, 4) is 5.75 Å². The fourth-order valence-electron chi connectivity index (χ4n) is 1.23. The molecule has 0 unspecified atom stereocenters. The number of aldehydes is 1. The molecule has 15 heavy (non-hydrogen) atoms. The maximum absolute atomic E-state index is 10.7. The minimum absolute atomic E-state index is 0.416. The van der Waals surface area contributed by atoms with Gasteiger partial charge in [0.2, 0.25) is 0 Å². The van der Waals surface area contributed by atoms with Crippen LogP contribution in [0.5, 0.6) is 5.75 Å². The van der Waals surface area contributed by atoms with Gasteiger partial charge in [0.15, 0.2) is 0 Å². The molecule has 0 aliphatic rings. The van der Waals surface area contributed by atoms with Crippen LogP contribution in [0, 0.1) is 5.41 Å². The Morgan fingerprint density at radius 2 is 2.00 bits per heavy atom. The molecule has 0 fully saturated rings. The first-order chi connectivity index (χ1) is 7.09. The molecule has 0 amide bonds. The number of rotatable bonds is 5. The fourth-order valence-corrected chi connectivity index (χ4v) is 1.23. The van der Waals surface area contributed by atoms with Crippen LogP contribution in [0.1, 0.15) is 26.3 Å². The lowest BCUT2D eigenvalue weighted by Crippen LogP contribution is -2.23. The van der Waals surface area contributed by atoms with Gasteiger partial charge in [0.1, 0.15) is 12.0 Å². The van der Waals surface area contributed by atoms with E-state index in [-0.39, 0.29) is 0 Å². The third-order valence-corrected chi connectivity index (χ3v) is 2.27. The summed E-state index contributed by atoms with van der Waals surface area (Å²) < 4.78 is 5.65. The van der Waals surface area contributed by atoms with Crippen LogP contribution >= 0.6 is 0 Å². The lowest BCUT2D eigenvalue weighted by Gasteiger charge is -2.18. The van der Waals surface area contributed by atoms with Crippen molar-refractivity contribution >= 4 is 6.29 Å². The van der Waals surface area contributed by atoms with Gasteiger partial charge in [-0.3, -0.25) is 0 Å². The van der Waals surface area contributed by atoms with Gasteiger partial charge in [-0.1, -0.05) is 25.1 Å². The number of hydrogen-bond donors (Lipinski definition) is 0. The van der Waals surface area contributed by atoms with Gasteiger partial charge in [0.25, 0.3) is 0 Å². The van der Waals surface area contributed by atoms with E-state index in [1.165, 1.54) is 5.56 Å². The highest BCUT2D eigenvalue weighted by molar-refractivity contribution is 5.58. The molecule has 0 radical (unpaired) electrons. The molecule has 0 spiro atoms. The van der Waals surface area contributed by atoms with E-state index in [0.717, 1.165) is 18.5 Å². The van der Waals surface area contributed by atoms with Crippen molar-refractivity contribution in [2.45, 2.75) is 27.2 Å². The maximum Gasteiger partial charge on any atom is 0.128 e. The van der Waals surface area contributed by atoms with E-state index >= 15 is 0 Å². The van der Waals surface area contributed by atoms with E-state index in [0.29, 0.717) is 6.61 Å². The number of carbonyl (C=O) groups is 1. The van der Waals surface area contributed by atoms with Crippen molar-refractivity contribution in [3.63, 3.8) is 0 Å². The fraction of sp³-hybridized carbons (Fsp3) is 0.462. The van der Waals surface area contributed by atoms with Crippen LogP contribution in [-0.2, 0) is 11.2 Å². The summed E-state index contributed by atoms with van der Waals surface area (Å²) in [6.45, 7) is 6.25. The van der Waals surface area contributed by atoms with Crippen LogP contribution in [0.2, 0.25) is 0 Å². The molecule has 0 aliphatic carbocycles. The standard InChI is InChI=1S/C13H18O2/c1-4-11-7-5-6-8-12(11)15-10-13(2,3)9-14/h5-9H,4,10H2,1-3H3. The van der Waals surface area contributed by atoms with Gasteiger partial charge in [0, 0.05) is 0 Å². The Morgan fingerprint density at radius 1 is 1.33 bits per heavy atom. The van der Waals surface area contributed by atoms with Gasteiger partial charge in [-0.2, -0.15) is 0 Å². The van der Waals surface area contributed by atoms with Gasteiger partial charge < -0.3 is 9.53 Å². The Kier molecular flexibility index (Phi) is 3.89. The van der Waals surface area contributed by atoms with Crippen LogP contribution in [0.3, 0.4) is 0 Å². The Balaban J connectivity index is 2.68. The molecule has 82 valence electrons. The first-order valence-corrected chi connectivity index (χ1v) is 5.26. The summed E-state index contributed by atoms with van der Waals surface area (Å²) in [6.07, 6.45) is 1.87. The molecule has 0 aromatic heterocycles. The molecule has 0 heterocycles. The molecule has 0 saturated carbocycles. The summed E-state index contributed by atoms with van der Waals surface area (Å²) in [5.41, 5.74) is 0.764. The monoisotopic (exact) mass is 206 g/mol. The van der Waals surface area contributed by atoms with Crippen molar-refractivity contribution in [2.75, 3.05) is 6.61 Å². The van der Waals surface area contributed by atoms with Crippen molar-refractivity contribution in [2.24, 2.45) is 5.41 Å². The third kappa shape index (κ3) is 3.39. The van der Waals surface area contributed by atoms with E-state index < -0.39 is 5.41 Å². The summed E-state index contributed by atoms with van der Waals surface area (Å²) in [5, 5.41) is 0. The topological polar surface area (TPSA) is 26.3 Å². The van der Waals surface area contributed by atoms with Gasteiger partial charge in [0.05, 0.1) is 12.0 Å². The molecule has 0 atom stereocenters. The average Bonchev–Trinajstić information content (AvgIpc) is 2.27. The normalized spacial score (nSPS) is 11.1. The molecule has 0 saturated heterocycles. The number of para-hydroxylation sites is 1. The summed E-state index contributed by atoms with van der Waals surface area (Å²) in [4.78, 5) is 10.7. The number of carbonyl (C=O) groups excluding carboxylic acids is 1. The van der Waals surface area contributed by atoms with Gasteiger partial charge >= 0.3 is 0 Å². The van der Waals surface area contributed by atoms with Gasteiger partial charge in [-0.25, -0.2) is 0 Å². The minimum Gasteiger partial charge on any atom is -0.492 e. The van der Waals surface area contributed by atoms with E-state index in [1.54, 1.807) is 0 Å². The first-order valence-electron chi connectivity index (χ1n) is 5.26. The van der Waals surface area contributed by atoms with Crippen LogP contribution in [-0.4, -0.2) is 12.9 Å². The van der Waals surface area contributed by atoms with Crippen molar-refractivity contribution in [1.82, 2.24) is 0 Å². The second-order valence-corrected chi connectivity index (χ2v) is 4.36. The number of ether oxygens (including phenoxy) is 1. The van der Waals surface area contributed by atoms with E-state index in [4.69, 9.17) is 4.74 Å². The summed E-state index contributed by atoms with van der Waals surface area (Å²) in [5.74, 6) is 0.884. The number of hydrogen-bond acceptors (Lipinski definition) is 2. The SMILES string of the molecule is CCc1ccccc1OCC(C)(C)C=O. The highest BCUT2D eigenvalue weighted by atomic mass is 16.5. The van der Waals surface area contributed by atoms with Gasteiger partial charge in [-0.05, 0) is 31.9 Å². The minimum atomic E-state index is -0.416. The largest absolute Gasteiger partial charge is 0.492 e. The Labute approximate surface area is 91.3 Å². The molecular formula is C13H18O2. The Hall–Kier alpha value is -1.31. The number of aryl methyl sites for hydroxylation is 1. The van der Waals surface area contributed by atoms with Crippen LogP contribution in [0.4, 0.5) is 0 Å². The number of benzene rings is 1. The van der Waals surface area contributed by atoms with E-state index in [9.17, 15) is 4.79 Å². The average molecular weight is 206 g/mol. The molecule has 1 rings (SSSR count). The molecule has 1 aromatic rings. The van der Waals surface area contributed by atoms with Gasteiger partial charge in [-0.15, -0.1) is 0 Å². The Morgan fingerprint density at radius 3 is 2.60 bits per heavy atom. The zero-order chi connectivity index (χ0) is 11.3. The zero-order valence-electron chi connectivity index (χ0n) is 9.62. The maximum atomic E-state index is 10.7. The predicted molar refractivity (Wildman–Crippen MR) is 61.2 cm³/mol. The lowest BCUT2D eigenvalue weighted by atomic mass is 9.97. The molecule has 2 nitrogen and oxygen atoms in total. The first kappa shape index (κ1) is 11.8. The smallest absolute Gasteiger partial charge is 0.128 e. The van der Waals surface area contributed by atoms with E-state index in [2.05, 4.69) is 6.92 Å². The summed E-state index contributed by atoms with van der Waals surface area (Å²) >= 11 is 0. The molecule has 0 bridgehead atoms. The summed E-state index contributed by atoms with van der Waals surface area (Å²) in [6, 6.07) is 7.93. The summed E-state index contributed by atoms with van der Waals surface area (Å²) in [7, 11) is 0. The van der Waals surface area contributed by atoms with E-state index in [1.807, 2.05) is 38.1 Å². The molecule has 0 N–H and O–H groups in total. The zero-order valence-corrected chi connectivity index (χ0v) is 9.62. The van der Waals surface area contributed by atoms with Crippen molar-refractivity contribution in [1.29, 1.82) is 0 Å². The van der Waals surface area contributed by atoms with Crippen molar-refractivity contribution < 1.29 is 9.53 Å². The second-order valence-electron chi connectivity index (χ2n) is 4.36. The third-order valence-electron chi connectivity index (χ3n) is 2.27. The van der Waals surface area contributed by atoms with Crippen LogP contribution in [0.15, 0.2) is 24.3 Å². The predicted octanol–water partition coefficient (Wildman–Crippen LogP) is 2.85.